The first-order valence-corrected chi connectivity index (χ1v) is 7.41. The Hall–Kier alpha value is -2.21. The second-order valence-corrected chi connectivity index (χ2v) is 6.04. The highest BCUT2D eigenvalue weighted by Crippen LogP contribution is 2.17. The topological polar surface area (TPSA) is 95.7 Å². The van der Waals surface area contributed by atoms with Gasteiger partial charge in [0.1, 0.15) is 18.1 Å². The molecule has 0 bridgehead atoms. The van der Waals surface area contributed by atoms with Gasteiger partial charge in [0.25, 0.3) is 0 Å². The Morgan fingerprint density at radius 3 is 2.17 bits per heavy atom. The van der Waals surface area contributed by atoms with Crippen LogP contribution in [0.2, 0.25) is 0 Å². The van der Waals surface area contributed by atoms with Gasteiger partial charge in [0.05, 0.1) is 6.61 Å². The largest absolute Gasteiger partial charge is 0.466 e. The summed E-state index contributed by atoms with van der Waals surface area (Å²) >= 11 is 0. The average molecular weight is 321 g/mol. The van der Waals surface area contributed by atoms with Crippen LogP contribution in [0.15, 0.2) is 24.3 Å². The molecular formula is C17H23NO5. The van der Waals surface area contributed by atoms with E-state index in [1.54, 1.807) is 39.8 Å². The van der Waals surface area contributed by atoms with Crippen molar-refractivity contribution >= 4 is 17.7 Å². The Morgan fingerprint density at radius 1 is 1.13 bits per heavy atom. The molecule has 6 nitrogen and oxygen atoms in total. The zero-order valence-corrected chi connectivity index (χ0v) is 13.9. The van der Waals surface area contributed by atoms with Gasteiger partial charge in [-0.05, 0) is 33.3 Å². The van der Waals surface area contributed by atoms with E-state index in [9.17, 15) is 14.4 Å². The minimum absolute atomic E-state index is 0.232. The first kappa shape index (κ1) is 18.8. The summed E-state index contributed by atoms with van der Waals surface area (Å²) in [6, 6.07) is 5.28. The first-order chi connectivity index (χ1) is 10.6. The molecule has 0 radical (unpaired) electrons. The summed E-state index contributed by atoms with van der Waals surface area (Å²) in [5, 5.41) is 0. The number of ketones is 1. The summed E-state index contributed by atoms with van der Waals surface area (Å²) < 4.78 is 9.95. The van der Waals surface area contributed by atoms with Crippen LogP contribution >= 0.6 is 0 Å². The maximum atomic E-state index is 11.9. The second-order valence-electron chi connectivity index (χ2n) is 6.04. The molecular weight excluding hydrogens is 298 g/mol. The summed E-state index contributed by atoms with van der Waals surface area (Å²) in [5.74, 6) is -1.45. The molecule has 0 saturated heterocycles. The van der Waals surface area contributed by atoms with Crippen LogP contribution < -0.4 is 5.73 Å². The van der Waals surface area contributed by atoms with Crippen LogP contribution in [0.5, 0.6) is 0 Å². The highest BCUT2D eigenvalue weighted by atomic mass is 16.6. The Balaban J connectivity index is 2.74. The number of nitrogens with two attached hydrogens (primary N) is 1. The van der Waals surface area contributed by atoms with E-state index < -0.39 is 23.6 Å². The fraction of sp³-hybridized carbons (Fsp3) is 0.471. The van der Waals surface area contributed by atoms with Gasteiger partial charge >= 0.3 is 11.9 Å². The summed E-state index contributed by atoms with van der Waals surface area (Å²) in [4.78, 5) is 35.1. The van der Waals surface area contributed by atoms with E-state index in [0.717, 1.165) is 0 Å². The lowest BCUT2D eigenvalue weighted by atomic mass is 10.0. The Bertz CT molecular complexity index is 572. The minimum Gasteiger partial charge on any atom is -0.466 e. The molecule has 1 rings (SSSR count). The summed E-state index contributed by atoms with van der Waals surface area (Å²) in [5.41, 5.74) is 6.13. The molecule has 0 saturated carbocycles. The molecule has 0 amide bonds. The lowest BCUT2D eigenvalue weighted by molar-refractivity contribution is -0.156. The van der Waals surface area contributed by atoms with Crippen molar-refractivity contribution in [2.45, 2.75) is 45.8 Å². The molecule has 0 fully saturated rings. The van der Waals surface area contributed by atoms with Crippen molar-refractivity contribution in [3.05, 3.63) is 35.4 Å². The molecule has 1 atom stereocenters. The van der Waals surface area contributed by atoms with E-state index in [0.29, 0.717) is 11.1 Å². The van der Waals surface area contributed by atoms with Gasteiger partial charge in [0.2, 0.25) is 0 Å². The summed E-state index contributed by atoms with van der Waals surface area (Å²) in [6.07, 6.45) is -0.314. The third-order valence-electron chi connectivity index (χ3n) is 2.86. The number of carbonyl (C=O) groups excluding carboxylic acids is 3. The molecule has 23 heavy (non-hydrogen) atoms. The molecule has 0 aliphatic rings. The zero-order valence-electron chi connectivity index (χ0n) is 13.9. The summed E-state index contributed by atoms with van der Waals surface area (Å²) in [6.45, 7) is 7.18. The molecule has 1 aromatic rings. The maximum Gasteiger partial charge on any atom is 0.328 e. The zero-order chi connectivity index (χ0) is 17.6. The smallest absolute Gasteiger partial charge is 0.328 e. The second kappa shape index (κ2) is 7.87. The third-order valence-corrected chi connectivity index (χ3v) is 2.86. The van der Waals surface area contributed by atoms with Crippen molar-refractivity contribution < 1.29 is 23.9 Å². The van der Waals surface area contributed by atoms with Crippen molar-refractivity contribution in [3.63, 3.8) is 0 Å². The first-order valence-electron chi connectivity index (χ1n) is 7.41. The predicted octanol–water partition coefficient (Wildman–Crippen LogP) is 2.16. The molecule has 0 aliphatic heterocycles. The van der Waals surface area contributed by atoms with Crippen LogP contribution in [0.3, 0.4) is 0 Å². The minimum atomic E-state index is -0.927. The number of Topliss-reactive ketones (excluding diaryl/α,β-unsaturated/α-hetero) is 1. The average Bonchev–Trinajstić information content (AvgIpc) is 2.45. The van der Waals surface area contributed by atoms with Crippen LogP contribution in [0.4, 0.5) is 0 Å². The normalized spacial score (nSPS) is 12.4. The third kappa shape index (κ3) is 6.20. The van der Waals surface area contributed by atoms with Crippen LogP contribution in [-0.2, 0) is 19.1 Å². The lowest BCUT2D eigenvalue weighted by Gasteiger charge is -2.22. The highest BCUT2D eigenvalue weighted by Gasteiger charge is 2.23. The number of carbonyl (C=O) groups is 3. The van der Waals surface area contributed by atoms with E-state index in [4.69, 9.17) is 15.2 Å². The molecule has 126 valence electrons. The van der Waals surface area contributed by atoms with E-state index >= 15 is 0 Å². The van der Waals surface area contributed by atoms with E-state index in [2.05, 4.69) is 0 Å². The van der Waals surface area contributed by atoms with Crippen molar-refractivity contribution in [1.82, 2.24) is 0 Å². The number of benzene rings is 1. The maximum absolute atomic E-state index is 11.9. The van der Waals surface area contributed by atoms with Gasteiger partial charge in [-0.15, -0.1) is 0 Å². The van der Waals surface area contributed by atoms with Gasteiger partial charge in [-0.25, -0.2) is 4.79 Å². The van der Waals surface area contributed by atoms with Crippen LogP contribution in [0.1, 0.15) is 56.1 Å². The molecule has 2 N–H and O–H groups in total. The standard InChI is InChI=1S/C17H23NO5/c1-5-22-14(20)10-13(19)11-6-8-12(9-7-11)15(18)16(21)23-17(2,3)4/h6-9,15H,5,10,18H2,1-4H3. The van der Waals surface area contributed by atoms with Gasteiger partial charge < -0.3 is 15.2 Å². The van der Waals surface area contributed by atoms with Crippen molar-refractivity contribution in [2.24, 2.45) is 5.73 Å². The predicted molar refractivity (Wildman–Crippen MR) is 84.8 cm³/mol. The van der Waals surface area contributed by atoms with Gasteiger partial charge in [-0.2, -0.15) is 0 Å². The monoisotopic (exact) mass is 321 g/mol. The van der Waals surface area contributed by atoms with E-state index in [-0.39, 0.29) is 18.8 Å². The van der Waals surface area contributed by atoms with Crippen LogP contribution in [-0.4, -0.2) is 29.9 Å². The van der Waals surface area contributed by atoms with Crippen molar-refractivity contribution in [3.8, 4) is 0 Å². The molecule has 0 spiro atoms. The van der Waals surface area contributed by atoms with Crippen LogP contribution in [0, 0.1) is 0 Å². The molecule has 0 aromatic heterocycles. The van der Waals surface area contributed by atoms with Crippen LogP contribution in [0.25, 0.3) is 0 Å². The summed E-state index contributed by atoms with van der Waals surface area (Å²) in [7, 11) is 0. The van der Waals surface area contributed by atoms with Crippen molar-refractivity contribution in [1.29, 1.82) is 0 Å². The quantitative estimate of drug-likeness (QED) is 0.490. The molecule has 0 aliphatic carbocycles. The number of ether oxygens (including phenoxy) is 2. The van der Waals surface area contributed by atoms with Crippen molar-refractivity contribution in [2.75, 3.05) is 6.61 Å². The van der Waals surface area contributed by atoms with Gasteiger partial charge in [-0.3, -0.25) is 9.59 Å². The highest BCUT2D eigenvalue weighted by molar-refractivity contribution is 6.05. The Labute approximate surface area is 135 Å². The van der Waals surface area contributed by atoms with Gasteiger partial charge in [-0.1, -0.05) is 24.3 Å². The number of hydrogen-bond donors (Lipinski definition) is 1. The Kier molecular flexibility index (Phi) is 6.45. The van der Waals surface area contributed by atoms with E-state index in [1.165, 1.54) is 12.1 Å². The molecule has 6 heteroatoms. The van der Waals surface area contributed by atoms with Gasteiger partial charge in [0, 0.05) is 5.56 Å². The lowest BCUT2D eigenvalue weighted by Crippen LogP contribution is -2.31. The fourth-order valence-electron chi connectivity index (χ4n) is 1.82. The number of rotatable bonds is 6. The van der Waals surface area contributed by atoms with E-state index in [1.807, 2.05) is 0 Å². The Morgan fingerprint density at radius 2 is 1.70 bits per heavy atom. The molecule has 1 aromatic carbocycles. The van der Waals surface area contributed by atoms with Gasteiger partial charge in [0.15, 0.2) is 5.78 Å². The number of esters is 2. The number of hydrogen-bond acceptors (Lipinski definition) is 6. The molecule has 0 heterocycles. The SMILES string of the molecule is CCOC(=O)CC(=O)c1ccc(C(N)C(=O)OC(C)(C)C)cc1. The molecule has 1 unspecified atom stereocenters. The fourth-order valence-corrected chi connectivity index (χ4v) is 1.82.